The van der Waals surface area contributed by atoms with Crippen LogP contribution in [-0.4, -0.2) is 25.4 Å². The van der Waals surface area contributed by atoms with Crippen molar-refractivity contribution < 1.29 is 8.78 Å². The molecular weight excluding hydrogens is 298 g/mol. The summed E-state index contributed by atoms with van der Waals surface area (Å²) in [4.78, 5) is 12.3. The second kappa shape index (κ2) is 5.73. The molecule has 0 spiro atoms. The van der Waals surface area contributed by atoms with Crippen LogP contribution < -0.4 is 0 Å². The smallest absolute Gasteiger partial charge is 0.184 e. The maximum absolute atomic E-state index is 14.1. The molecule has 108 valence electrons. The van der Waals surface area contributed by atoms with Crippen LogP contribution >= 0.6 is 11.6 Å². The molecule has 3 aromatic rings. The van der Waals surface area contributed by atoms with Crippen molar-refractivity contribution in [3.63, 3.8) is 0 Å². The number of benzene rings is 1. The van der Waals surface area contributed by atoms with Crippen LogP contribution in [0.2, 0.25) is 0 Å². The average Bonchev–Trinajstić information content (AvgIpc) is 2.83. The zero-order valence-corrected chi connectivity index (χ0v) is 11.7. The summed E-state index contributed by atoms with van der Waals surface area (Å²) in [5, 5.41) is 0. The van der Waals surface area contributed by atoms with Crippen molar-refractivity contribution in [1.82, 2.24) is 19.5 Å². The van der Waals surface area contributed by atoms with Crippen LogP contribution in [0.5, 0.6) is 0 Å². The molecule has 0 saturated carbocycles. The number of imidazole rings is 1. The maximum Gasteiger partial charge on any atom is 0.184 e. The average molecular weight is 309 g/mol. The van der Waals surface area contributed by atoms with E-state index in [1.807, 2.05) is 0 Å². The SMILES string of the molecule is Fc1ccc2nc(CCCl)n(Cc3ccncn3)c2c1F. The summed E-state index contributed by atoms with van der Waals surface area (Å²) in [5.41, 5.74) is 1.22. The largest absolute Gasteiger partial charge is 0.319 e. The summed E-state index contributed by atoms with van der Waals surface area (Å²) >= 11 is 5.76. The number of rotatable bonds is 4. The Morgan fingerprint density at radius 2 is 2.05 bits per heavy atom. The van der Waals surface area contributed by atoms with Gasteiger partial charge in [0.05, 0.1) is 17.8 Å². The van der Waals surface area contributed by atoms with Gasteiger partial charge in [-0.05, 0) is 18.2 Å². The van der Waals surface area contributed by atoms with E-state index in [0.29, 0.717) is 29.3 Å². The van der Waals surface area contributed by atoms with Gasteiger partial charge in [-0.25, -0.2) is 23.7 Å². The van der Waals surface area contributed by atoms with Crippen molar-refractivity contribution in [2.45, 2.75) is 13.0 Å². The fraction of sp³-hybridized carbons (Fsp3) is 0.214. The molecule has 0 atom stereocenters. The minimum Gasteiger partial charge on any atom is -0.319 e. The fourth-order valence-corrected chi connectivity index (χ4v) is 2.39. The second-order valence-electron chi connectivity index (χ2n) is 4.48. The highest BCUT2D eigenvalue weighted by Gasteiger charge is 2.17. The molecule has 7 heteroatoms. The van der Waals surface area contributed by atoms with E-state index >= 15 is 0 Å². The highest BCUT2D eigenvalue weighted by atomic mass is 35.5. The van der Waals surface area contributed by atoms with Gasteiger partial charge in [0.25, 0.3) is 0 Å². The number of nitrogens with zero attached hydrogens (tertiary/aromatic N) is 4. The van der Waals surface area contributed by atoms with E-state index < -0.39 is 11.6 Å². The number of alkyl halides is 1. The van der Waals surface area contributed by atoms with E-state index in [1.54, 1.807) is 16.8 Å². The van der Waals surface area contributed by atoms with Crippen LogP contribution in [0.4, 0.5) is 8.78 Å². The molecule has 0 amide bonds. The number of hydrogen-bond donors (Lipinski definition) is 0. The Morgan fingerprint density at radius 1 is 1.19 bits per heavy atom. The molecule has 0 aliphatic carbocycles. The Hall–Kier alpha value is -2.08. The third-order valence-corrected chi connectivity index (χ3v) is 3.35. The minimum absolute atomic E-state index is 0.133. The maximum atomic E-state index is 14.1. The van der Waals surface area contributed by atoms with Gasteiger partial charge in [-0.2, -0.15) is 0 Å². The first-order valence-electron chi connectivity index (χ1n) is 6.34. The first kappa shape index (κ1) is 13.9. The van der Waals surface area contributed by atoms with Gasteiger partial charge in [0.15, 0.2) is 11.6 Å². The Morgan fingerprint density at radius 3 is 2.76 bits per heavy atom. The lowest BCUT2D eigenvalue weighted by Gasteiger charge is -2.08. The van der Waals surface area contributed by atoms with E-state index in [9.17, 15) is 8.78 Å². The van der Waals surface area contributed by atoms with Gasteiger partial charge in [0.2, 0.25) is 0 Å². The molecule has 0 radical (unpaired) electrons. The van der Waals surface area contributed by atoms with E-state index in [4.69, 9.17) is 11.6 Å². The van der Waals surface area contributed by atoms with Crippen LogP contribution in [0.15, 0.2) is 30.7 Å². The molecule has 1 aromatic carbocycles. The van der Waals surface area contributed by atoms with Crippen molar-refractivity contribution in [3.8, 4) is 0 Å². The normalized spacial score (nSPS) is 11.2. The summed E-state index contributed by atoms with van der Waals surface area (Å²) < 4.78 is 29.2. The molecule has 0 unspecified atom stereocenters. The molecule has 21 heavy (non-hydrogen) atoms. The van der Waals surface area contributed by atoms with Gasteiger partial charge >= 0.3 is 0 Å². The molecule has 0 N–H and O–H groups in total. The molecule has 4 nitrogen and oxygen atoms in total. The third kappa shape index (κ3) is 2.58. The van der Waals surface area contributed by atoms with E-state index in [1.165, 1.54) is 12.4 Å². The van der Waals surface area contributed by atoms with Crippen LogP contribution in [0, 0.1) is 11.6 Å². The van der Waals surface area contributed by atoms with Crippen molar-refractivity contribution in [2.75, 3.05) is 5.88 Å². The first-order chi connectivity index (χ1) is 10.2. The third-order valence-electron chi connectivity index (χ3n) is 3.16. The van der Waals surface area contributed by atoms with E-state index in [-0.39, 0.29) is 12.1 Å². The summed E-state index contributed by atoms with van der Waals surface area (Å²) in [5.74, 6) is -0.862. The monoisotopic (exact) mass is 308 g/mol. The van der Waals surface area contributed by atoms with Gasteiger partial charge in [-0.15, -0.1) is 11.6 Å². The van der Waals surface area contributed by atoms with Crippen LogP contribution in [0.25, 0.3) is 11.0 Å². The predicted octanol–water partition coefficient (Wildman–Crippen LogP) is 2.93. The lowest BCUT2D eigenvalue weighted by atomic mass is 10.3. The van der Waals surface area contributed by atoms with Gasteiger partial charge < -0.3 is 4.57 Å². The Balaban J connectivity index is 2.17. The summed E-state index contributed by atoms with van der Waals surface area (Å²) in [6.07, 6.45) is 3.47. The summed E-state index contributed by atoms with van der Waals surface area (Å²) in [7, 11) is 0. The van der Waals surface area contributed by atoms with Crippen LogP contribution in [0.1, 0.15) is 11.5 Å². The van der Waals surface area contributed by atoms with Crippen LogP contribution in [0.3, 0.4) is 0 Å². The molecule has 0 aliphatic rings. The Bertz CT molecular complexity index is 773. The quantitative estimate of drug-likeness (QED) is 0.696. The summed E-state index contributed by atoms with van der Waals surface area (Å²) in [6.45, 7) is 0.283. The molecule has 0 saturated heterocycles. The number of aromatic nitrogens is 4. The number of halogens is 3. The van der Waals surface area contributed by atoms with Gasteiger partial charge in [-0.1, -0.05) is 0 Å². The molecule has 0 fully saturated rings. The van der Waals surface area contributed by atoms with Gasteiger partial charge in [-0.3, -0.25) is 0 Å². The lowest BCUT2D eigenvalue weighted by Crippen LogP contribution is -2.08. The molecule has 0 aliphatic heterocycles. The highest BCUT2D eigenvalue weighted by molar-refractivity contribution is 6.17. The fourth-order valence-electron chi connectivity index (χ4n) is 2.22. The predicted molar refractivity (Wildman–Crippen MR) is 75.2 cm³/mol. The van der Waals surface area contributed by atoms with E-state index in [2.05, 4.69) is 15.0 Å². The van der Waals surface area contributed by atoms with Gasteiger partial charge in [0, 0.05) is 18.5 Å². The summed E-state index contributed by atoms with van der Waals surface area (Å²) in [6, 6.07) is 4.25. The second-order valence-corrected chi connectivity index (χ2v) is 4.86. The highest BCUT2D eigenvalue weighted by Crippen LogP contribution is 2.23. The van der Waals surface area contributed by atoms with Gasteiger partial charge in [0.1, 0.15) is 17.7 Å². The van der Waals surface area contributed by atoms with Crippen LogP contribution in [-0.2, 0) is 13.0 Å². The molecule has 0 bridgehead atoms. The Kier molecular flexibility index (Phi) is 3.79. The molecular formula is C14H11ClF2N4. The number of aryl methyl sites for hydroxylation is 1. The lowest BCUT2D eigenvalue weighted by molar-refractivity contribution is 0.511. The topological polar surface area (TPSA) is 43.6 Å². The van der Waals surface area contributed by atoms with E-state index in [0.717, 1.165) is 6.07 Å². The standard InChI is InChI=1S/C14H11ClF2N4/c15-5-3-12-20-11-2-1-10(16)13(17)14(11)21(12)7-9-4-6-18-8-19-9/h1-2,4,6,8H,3,5,7H2. The number of hydrogen-bond acceptors (Lipinski definition) is 3. The number of fused-ring (bicyclic) bond motifs is 1. The Labute approximate surface area is 124 Å². The molecule has 2 aromatic heterocycles. The first-order valence-corrected chi connectivity index (χ1v) is 6.88. The van der Waals surface area contributed by atoms with Crippen molar-refractivity contribution >= 4 is 22.6 Å². The molecule has 2 heterocycles. The zero-order chi connectivity index (χ0) is 14.8. The molecule has 3 rings (SSSR count). The minimum atomic E-state index is -0.908. The van der Waals surface area contributed by atoms with Crippen molar-refractivity contribution in [3.05, 3.63) is 53.9 Å². The van der Waals surface area contributed by atoms with Crippen molar-refractivity contribution in [2.24, 2.45) is 0 Å². The van der Waals surface area contributed by atoms with Crippen molar-refractivity contribution in [1.29, 1.82) is 0 Å². The zero-order valence-electron chi connectivity index (χ0n) is 10.9.